The molecule has 17 heavy (non-hydrogen) atoms. The van der Waals surface area contributed by atoms with Gasteiger partial charge in [0.25, 0.3) is 0 Å². The molecule has 1 heterocycles. The topological polar surface area (TPSA) is 48.1 Å². The molecule has 3 atom stereocenters. The second-order valence-electron chi connectivity index (χ2n) is 5.08. The lowest BCUT2D eigenvalue weighted by molar-refractivity contribution is 0.303. The molecule has 0 aromatic carbocycles. The molecular weight excluding hydrogens is 212 g/mol. The van der Waals surface area contributed by atoms with Gasteiger partial charge in [-0.3, -0.25) is 4.98 Å². The van der Waals surface area contributed by atoms with Gasteiger partial charge in [0.1, 0.15) is 5.75 Å². The normalized spacial score (nSPS) is 29.0. The predicted octanol–water partition coefficient (Wildman–Crippen LogP) is 2.71. The quantitative estimate of drug-likeness (QED) is 0.874. The Balaban J connectivity index is 2.16. The monoisotopic (exact) mass is 234 g/mol. The van der Waals surface area contributed by atoms with E-state index >= 15 is 0 Å². The Morgan fingerprint density at radius 2 is 2.24 bits per heavy atom. The van der Waals surface area contributed by atoms with E-state index < -0.39 is 0 Å². The minimum atomic E-state index is 0.268. The van der Waals surface area contributed by atoms with Gasteiger partial charge in [0.2, 0.25) is 0 Å². The smallest absolute Gasteiger partial charge is 0.137 e. The third kappa shape index (κ3) is 2.97. The molecular formula is C14H22N2O. The van der Waals surface area contributed by atoms with Crippen molar-refractivity contribution >= 4 is 0 Å². The summed E-state index contributed by atoms with van der Waals surface area (Å²) in [4.78, 5) is 4.26. The lowest BCUT2D eigenvalue weighted by Gasteiger charge is -2.32. The van der Waals surface area contributed by atoms with Crippen LogP contribution in [0, 0.1) is 5.92 Å². The van der Waals surface area contributed by atoms with Crippen molar-refractivity contribution in [2.24, 2.45) is 11.7 Å². The van der Waals surface area contributed by atoms with E-state index in [0.717, 1.165) is 18.1 Å². The summed E-state index contributed by atoms with van der Waals surface area (Å²) in [5.41, 5.74) is 7.46. The Hall–Kier alpha value is -1.09. The average Bonchev–Trinajstić information content (AvgIpc) is 2.33. The maximum Gasteiger partial charge on any atom is 0.137 e. The summed E-state index contributed by atoms with van der Waals surface area (Å²) in [6.07, 6.45) is 7.23. The minimum Gasteiger partial charge on any atom is -0.492 e. The highest BCUT2D eigenvalue weighted by Crippen LogP contribution is 2.35. The molecule has 1 fully saturated rings. The fourth-order valence-electron chi connectivity index (χ4n) is 2.67. The molecule has 94 valence electrons. The zero-order valence-corrected chi connectivity index (χ0v) is 10.7. The number of hydrogen-bond donors (Lipinski definition) is 1. The first-order valence-corrected chi connectivity index (χ1v) is 6.54. The Morgan fingerprint density at radius 1 is 1.41 bits per heavy atom. The Morgan fingerprint density at radius 3 is 3.00 bits per heavy atom. The predicted molar refractivity (Wildman–Crippen MR) is 69.1 cm³/mol. The van der Waals surface area contributed by atoms with Crippen LogP contribution in [0.4, 0.5) is 0 Å². The van der Waals surface area contributed by atoms with E-state index in [1.165, 1.54) is 18.4 Å². The third-order valence-electron chi connectivity index (χ3n) is 3.64. The molecule has 2 rings (SSSR count). The van der Waals surface area contributed by atoms with Gasteiger partial charge in [-0.05, 0) is 43.7 Å². The first-order chi connectivity index (χ1) is 8.20. The van der Waals surface area contributed by atoms with E-state index in [1.807, 2.05) is 13.1 Å². The molecule has 3 unspecified atom stereocenters. The molecule has 1 aromatic rings. The van der Waals surface area contributed by atoms with E-state index in [2.05, 4.69) is 18.0 Å². The maximum absolute atomic E-state index is 6.23. The fraction of sp³-hybridized carbons (Fsp3) is 0.643. The number of nitrogens with two attached hydrogens (primary N) is 1. The van der Waals surface area contributed by atoms with Gasteiger partial charge in [-0.25, -0.2) is 0 Å². The Bertz CT molecular complexity index is 367. The molecule has 2 N–H and O–H groups in total. The third-order valence-corrected chi connectivity index (χ3v) is 3.64. The molecule has 1 aromatic heterocycles. The SMILES string of the molecule is CCOc1cncc(C2CC(C)CCC2N)c1. The largest absolute Gasteiger partial charge is 0.492 e. The molecule has 1 saturated carbocycles. The zero-order chi connectivity index (χ0) is 12.3. The lowest BCUT2D eigenvalue weighted by atomic mass is 9.76. The van der Waals surface area contributed by atoms with Gasteiger partial charge >= 0.3 is 0 Å². The van der Waals surface area contributed by atoms with Crippen LogP contribution in [0.1, 0.15) is 44.6 Å². The average molecular weight is 234 g/mol. The van der Waals surface area contributed by atoms with Crippen LogP contribution in [0.25, 0.3) is 0 Å². The van der Waals surface area contributed by atoms with Gasteiger partial charge in [-0.1, -0.05) is 6.92 Å². The summed E-state index contributed by atoms with van der Waals surface area (Å²) in [5, 5.41) is 0. The summed E-state index contributed by atoms with van der Waals surface area (Å²) < 4.78 is 5.50. The van der Waals surface area contributed by atoms with Gasteiger partial charge in [-0.15, -0.1) is 0 Å². The van der Waals surface area contributed by atoms with E-state index in [1.54, 1.807) is 6.20 Å². The molecule has 0 aliphatic heterocycles. The molecule has 0 saturated heterocycles. The Labute approximate surface area is 103 Å². The summed E-state index contributed by atoms with van der Waals surface area (Å²) >= 11 is 0. The van der Waals surface area contributed by atoms with Gasteiger partial charge in [0.05, 0.1) is 12.8 Å². The van der Waals surface area contributed by atoms with Crippen molar-refractivity contribution in [3.8, 4) is 5.75 Å². The molecule has 0 bridgehead atoms. The van der Waals surface area contributed by atoms with Crippen LogP contribution >= 0.6 is 0 Å². The standard InChI is InChI=1S/C14H22N2O/c1-3-17-12-7-11(8-16-9-12)13-6-10(2)4-5-14(13)15/h7-10,13-14H,3-6,15H2,1-2H3. The van der Waals surface area contributed by atoms with E-state index in [4.69, 9.17) is 10.5 Å². The number of pyridine rings is 1. The molecule has 3 heteroatoms. The number of nitrogens with zero attached hydrogens (tertiary/aromatic N) is 1. The summed E-state index contributed by atoms with van der Waals surface area (Å²) in [6.45, 7) is 4.97. The van der Waals surface area contributed by atoms with Crippen molar-refractivity contribution in [3.05, 3.63) is 24.0 Å². The van der Waals surface area contributed by atoms with E-state index in [9.17, 15) is 0 Å². The highest BCUT2D eigenvalue weighted by molar-refractivity contribution is 5.27. The van der Waals surface area contributed by atoms with Crippen molar-refractivity contribution in [3.63, 3.8) is 0 Å². The molecule has 1 aliphatic carbocycles. The van der Waals surface area contributed by atoms with Crippen LogP contribution in [0.5, 0.6) is 5.75 Å². The number of rotatable bonds is 3. The summed E-state index contributed by atoms with van der Waals surface area (Å²) in [6, 6.07) is 2.36. The highest BCUT2D eigenvalue weighted by atomic mass is 16.5. The highest BCUT2D eigenvalue weighted by Gasteiger charge is 2.27. The number of ether oxygens (including phenoxy) is 1. The summed E-state index contributed by atoms with van der Waals surface area (Å²) in [5.74, 6) is 2.05. The second kappa shape index (κ2) is 5.50. The van der Waals surface area contributed by atoms with Crippen molar-refractivity contribution in [1.82, 2.24) is 4.98 Å². The zero-order valence-electron chi connectivity index (χ0n) is 10.7. The van der Waals surface area contributed by atoms with Crippen LogP contribution in [-0.2, 0) is 0 Å². The van der Waals surface area contributed by atoms with Crippen LogP contribution in [-0.4, -0.2) is 17.6 Å². The van der Waals surface area contributed by atoms with E-state index in [0.29, 0.717) is 12.5 Å². The minimum absolute atomic E-state index is 0.268. The number of hydrogen-bond acceptors (Lipinski definition) is 3. The molecule has 1 aliphatic rings. The molecule has 0 radical (unpaired) electrons. The van der Waals surface area contributed by atoms with Crippen LogP contribution in [0.3, 0.4) is 0 Å². The van der Waals surface area contributed by atoms with Crippen LogP contribution in [0.15, 0.2) is 18.5 Å². The number of aromatic nitrogens is 1. The van der Waals surface area contributed by atoms with Crippen LogP contribution in [0.2, 0.25) is 0 Å². The summed E-state index contributed by atoms with van der Waals surface area (Å²) in [7, 11) is 0. The Kier molecular flexibility index (Phi) is 4.00. The first-order valence-electron chi connectivity index (χ1n) is 6.54. The van der Waals surface area contributed by atoms with Crippen LogP contribution < -0.4 is 10.5 Å². The van der Waals surface area contributed by atoms with Gasteiger partial charge < -0.3 is 10.5 Å². The molecule has 0 spiro atoms. The first kappa shape index (κ1) is 12.4. The second-order valence-corrected chi connectivity index (χ2v) is 5.08. The molecule has 0 amide bonds. The van der Waals surface area contributed by atoms with Gasteiger partial charge in [0, 0.05) is 18.2 Å². The van der Waals surface area contributed by atoms with Gasteiger partial charge in [0.15, 0.2) is 0 Å². The van der Waals surface area contributed by atoms with E-state index in [-0.39, 0.29) is 6.04 Å². The van der Waals surface area contributed by atoms with Gasteiger partial charge in [-0.2, -0.15) is 0 Å². The maximum atomic E-state index is 6.23. The van der Waals surface area contributed by atoms with Crippen molar-refractivity contribution in [2.75, 3.05) is 6.61 Å². The fourth-order valence-corrected chi connectivity index (χ4v) is 2.67. The van der Waals surface area contributed by atoms with Crippen molar-refractivity contribution in [2.45, 2.75) is 45.1 Å². The van der Waals surface area contributed by atoms with Crippen molar-refractivity contribution in [1.29, 1.82) is 0 Å². The molecule has 3 nitrogen and oxygen atoms in total. The van der Waals surface area contributed by atoms with Crippen molar-refractivity contribution < 1.29 is 4.74 Å². The lowest BCUT2D eigenvalue weighted by Crippen LogP contribution is -2.34.